The van der Waals surface area contributed by atoms with Crippen molar-refractivity contribution in [1.29, 1.82) is 0 Å². The molecule has 106 valence electrons. The Morgan fingerprint density at radius 3 is 1.05 bits per heavy atom. The average molecular weight is 295 g/mol. The third kappa shape index (κ3) is 1.62. The Morgan fingerprint density at radius 2 is 0.810 bits per heavy atom. The van der Waals surface area contributed by atoms with Crippen LogP contribution in [0.15, 0.2) is 106 Å². The van der Waals surface area contributed by atoms with Gasteiger partial charge in [0.25, 0.3) is 0 Å². The van der Waals surface area contributed by atoms with E-state index in [0.29, 0.717) is 0 Å². The summed E-state index contributed by atoms with van der Waals surface area (Å²) in [6, 6.07) is 31.4. The molecule has 3 aromatic carbocycles. The van der Waals surface area contributed by atoms with E-state index >= 15 is 0 Å². The van der Waals surface area contributed by atoms with Gasteiger partial charge in [-0.25, -0.2) is 4.28 Å². The van der Waals surface area contributed by atoms with Gasteiger partial charge < -0.3 is 0 Å². The number of rotatable bonds is 3. The number of hydrogen-bond donors (Lipinski definition) is 2. The first-order chi connectivity index (χ1) is 10.4. The van der Waals surface area contributed by atoms with E-state index in [0.717, 1.165) is 0 Å². The van der Waals surface area contributed by atoms with Crippen LogP contribution >= 0.6 is 9.63 Å². The maximum atomic E-state index is 6.12. The standard InChI is InChI=1S/C18H17NOS/c1-4-10-16(11-5-1)21(19-20-21,17-12-6-2-7-13-17)18-14-8-3-9-15-18/h1-15,19,21H. The fraction of sp³-hybridized carbons (Fsp3) is 0. The number of hydrogen-bond acceptors (Lipinski definition) is 2. The minimum Gasteiger partial charge on any atom is -0.237 e. The van der Waals surface area contributed by atoms with Gasteiger partial charge in [0.1, 0.15) is 0 Å². The predicted molar refractivity (Wildman–Crippen MR) is 87.3 cm³/mol. The lowest BCUT2D eigenvalue weighted by molar-refractivity contribution is 0.464. The molecule has 0 spiro atoms. The van der Waals surface area contributed by atoms with Crippen molar-refractivity contribution in [3.8, 4) is 0 Å². The van der Waals surface area contributed by atoms with E-state index < -0.39 is 9.63 Å². The van der Waals surface area contributed by atoms with Gasteiger partial charge in [-0.05, 0) is 36.4 Å². The van der Waals surface area contributed by atoms with E-state index in [1.165, 1.54) is 14.7 Å². The Morgan fingerprint density at radius 1 is 0.524 bits per heavy atom. The molecule has 0 amide bonds. The van der Waals surface area contributed by atoms with Crippen molar-refractivity contribution in [3.05, 3.63) is 91.0 Å². The van der Waals surface area contributed by atoms with Crippen LogP contribution in [0.3, 0.4) is 0 Å². The van der Waals surface area contributed by atoms with Gasteiger partial charge in [-0.15, -0.1) is 4.89 Å². The molecule has 0 aromatic heterocycles. The number of thiol groups is 1. The van der Waals surface area contributed by atoms with Gasteiger partial charge in [-0.2, -0.15) is 0 Å². The summed E-state index contributed by atoms with van der Waals surface area (Å²) < 4.78 is 6.12. The summed E-state index contributed by atoms with van der Waals surface area (Å²) in [5.74, 6) is 0. The van der Waals surface area contributed by atoms with E-state index in [1.54, 1.807) is 0 Å². The SMILES string of the molecule is c1ccc([SH]2(c3ccccc3)(c3ccccc3)NO2)cc1. The first-order valence-corrected chi connectivity index (χ1v) is 9.17. The van der Waals surface area contributed by atoms with E-state index in [2.05, 4.69) is 77.7 Å². The van der Waals surface area contributed by atoms with Crippen LogP contribution in [-0.2, 0) is 4.28 Å². The molecule has 1 aliphatic heterocycles. The average Bonchev–Trinajstić information content (AvgIpc) is 3.36. The van der Waals surface area contributed by atoms with Crippen LogP contribution in [0.25, 0.3) is 0 Å². The molecule has 1 N–H and O–H groups in total. The Labute approximate surface area is 125 Å². The van der Waals surface area contributed by atoms with Crippen molar-refractivity contribution in [3.63, 3.8) is 0 Å². The van der Waals surface area contributed by atoms with Crippen LogP contribution in [0.2, 0.25) is 0 Å². The molecule has 0 unspecified atom stereocenters. The Balaban J connectivity index is 2.06. The summed E-state index contributed by atoms with van der Waals surface area (Å²) in [6.07, 6.45) is 0. The molecular weight excluding hydrogens is 278 g/mol. The van der Waals surface area contributed by atoms with Crippen molar-refractivity contribution < 1.29 is 4.28 Å². The van der Waals surface area contributed by atoms with Gasteiger partial charge in [0, 0.05) is 14.7 Å². The van der Waals surface area contributed by atoms with Gasteiger partial charge in [-0.3, -0.25) is 0 Å². The van der Waals surface area contributed by atoms with Crippen molar-refractivity contribution in [2.75, 3.05) is 0 Å². The van der Waals surface area contributed by atoms with E-state index in [1.807, 2.05) is 18.2 Å². The zero-order chi connectivity index (χ0) is 14.2. The lowest BCUT2D eigenvalue weighted by atomic mass is 10.4. The highest BCUT2D eigenvalue weighted by atomic mass is 32.3. The topological polar surface area (TPSA) is 34.5 Å². The molecular formula is C18H17NOS. The zero-order valence-corrected chi connectivity index (χ0v) is 12.4. The highest BCUT2D eigenvalue weighted by Gasteiger charge is 2.58. The lowest BCUT2D eigenvalue weighted by Crippen LogP contribution is -2.08. The summed E-state index contributed by atoms with van der Waals surface area (Å²) in [7, 11) is -2.87. The molecule has 3 heteroatoms. The van der Waals surface area contributed by atoms with Gasteiger partial charge >= 0.3 is 0 Å². The molecule has 3 aromatic rings. The molecule has 1 heterocycles. The molecule has 1 saturated heterocycles. The predicted octanol–water partition coefficient (Wildman–Crippen LogP) is 4.60. The molecule has 2 nitrogen and oxygen atoms in total. The summed E-state index contributed by atoms with van der Waals surface area (Å²) in [5, 5.41) is 0. The molecule has 0 aliphatic carbocycles. The molecule has 1 fully saturated rings. The Kier molecular flexibility index (Phi) is 2.69. The van der Waals surface area contributed by atoms with E-state index in [9.17, 15) is 0 Å². The molecule has 0 radical (unpaired) electrons. The molecule has 0 bridgehead atoms. The molecule has 1 aliphatic rings. The molecule has 4 rings (SSSR count). The van der Waals surface area contributed by atoms with Gasteiger partial charge in [0.2, 0.25) is 0 Å². The summed E-state index contributed by atoms with van der Waals surface area (Å²) in [6.45, 7) is 0. The lowest BCUT2D eigenvalue weighted by Gasteiger charge is -2.40. The van der Waals surface area contributed by atoms with Crippen LogP contribution in [0, 0.1) is 0 Å². The summed E-state index contributed by atoms with van der Waals surface area (Å²) in [4.78, 5) is 6.97. The van der Waals surface area contributed by atoms with Crippen LogP contribution in [0.5, 0.6) is 0 Å². The first-order valence-electron chi connectivity index (χ1n) is 7.01. The van der Waals surface area contributed by atoms with Crippen LogP contribution in [0.4, 0.5) is 0 Å². The van der Waals surface area contributed by atoms with Crippen molar-refractivity contribution in [2.45, 2.75) is 14.7 Å². The number of nitrogens with one attached hydrogen (secondary N) is 1. The van der Waals surface area contributed by atoms with E-state index in [4.69, 9.17) is 4.28 Å². The Bertz CT molecular complexity index is 652. The van der Waals surface area contributed by atoms with Crippen LogP contribution in [-0.4, -0.2) is 0 Å². The second kappa shape index (κ2) is 4.46. The van der Waals surface area contributed by atoms with E-state index in [-0.39, 0.29) is 0 Å². The first kappa shape index (κ1) is 12.7. The third-order valence-corrected chi connectivity index (χ3v) is 8.69. The fourth-order valence-corrected chi connectivity index (χ4v) is 7.20. The highest BCUT2D eigenvalue weighted by Crippen LogP contribution is 2.91. The molecule has 0 atom stereocenters. The maximum absolute atomic E-state index is 6.12. The second-order valence-corrected chi connectivity index (χ2v) is 9.21. The van der Waals surface area contributed by atoms with Gasteiger partial charge in [0.05, 0.1) is 0 Å². The minimum absolute atomic E-state index is 1.21. The van der Waals surface area contributed by atoms with Crippen molar-refractivity contribution >= 4 is 9.63 Å². The normalized spacial score (nSPS) is 20.1. The number of benzene rings is 3. The highest BCUT2D eigenvalue weighted by molar-refractivity contribution is 8.48. The largest absolute Gasteiger partial charge is 0.237 e. The third-order valence-electron chi connectivity index (χ3n) is 4.11. The quantitative estimate of drug-likeness (QED) is 0.547. The minimum atomic E-state index is -2.87. The summed E-state index contributed by atoms with van der Waals surface area (Å²) in [5.41, 5.74) is 0. The van der Waals surface area contributed by atoms with Crippen LogP contribution in [0.1, 0.15) is 0 Å². The molecule has 0 saturated carbocycles. The monoisotopic (exact) mass is 295 g/mol. The van der Waals surface area contributed by atoms with Gasteiger partial charge in [-0.1, -0.05) is 64.2 Å². The van der Waals surface area contributed by atoms with Crippen molar-refractivity contribution in [2.24, 2.45) is 0 Å². The summed E-state index contributed by atoms with van der Waals surface area (Å²) >= 11 is 0. The Hall–Kier alpha value is -2.07. The smallest absolute Gasteiger partial charge is 0.0164 e. The molecule has 21 heavy (non-hydrogen) atoms. The van der Waals surface area contributed by atoms with Crippen molar-refractivity contribution in [1.82, 2.24) is 4.89 Å². The maximum Gasteiger partial charge on any atom is 0.0164 e. The zero-order valence-electron chi connectivity index (χ0n) is 11.5. The van der Waals surface area contributed by atoms with Gasteiger partial charge in [0.15, 0.2) is 0 Å². The van der Waals surface area contributed by atoms with Crippen LogP contribution < -0.4 is 4.89 Å². The second-order valence-electron chi connectivity index (χ2n) is 5.23. The fourth-order valence-electron chi connectivity index (χ4n) is 2.96.